The van der Waals surface area contributed by atoms with Gasteiger partial charge in [0.15, 0.2) is 5.84 Å². The van der Waals surface area contributed by atoms with Crippen LogP contribution in [-0.2, 0) is 0 Å². The van der Waals surface area contributed by atoms with Crippen LogP contribution in [0.2, 0.25) is 0 Å². The molecule has 0 saturated heterocycles. The smallest absolute Gasteiger partial charge is 0.153 e. The Balaban J connectivity index is 0.00000106. The van der Waals surface area contributed by atoms with Gasteiger partial charge in [0, 0.05) is 11.8 Å². The second kappa shape index (κ2) is 8.43. The average Bonchev–Trinajstić information content (AvgIpc) is 2.55. The molecule has 1 heterocycles. The van der Waals surface area contributed by atoms with Crippen LogP contribution in [0.25, 0.3) is 0 Å². The minimum Gasteiger partial charge on any atom is -0.382 e. The lowest BCUT2D eigenvalue weighted by molar-refractivity contribution is 1.18. The first kappa shape index (κ1) is 16.3. The summed E-state index contributed by atoms with van der Waals surface area (Å²) in [5.74, 6) is 0.398. The lowest BCUT2D eigenvalue weighted by Gasteiger charge is -2.00. The van der Waals surface area contributed by atoms with Gasteiger partial charge in [-0.3, -0.25) is 4.98 Å². The SMILES string of the molecule is C/C(=N\N=C(/N)c1ccc(C)cc1)c1ccccn1.C=C. The molecule has 21 heavy (non-hydrogen) atoms. The molecule has 0 unspecified atom stereocenters. The summed E-state index contributed by atoms with van der Waals surface area (Å²) in [6.07, 6.45) is 1.72. The quantitative estimate of drug-likeness (QED) is 0.406. The Morgan fingerprint density at radius 3 is 2.29 bits per heavy atom. The molecule has 4 heteroatoms. The van der Waals surface area contributed by atoms with Crippen molar-refractivity contribution in [1.82, 2.24) is 4.98 Å². The van der Waals surface area contributed by atoms with Crippen molar-refractivity contribution >= 4 is 11.5 Å². The van der Waals surface area contributed by atoms with Crippen LogP contribution in [0.3, 0.4) is 0 Å². The summed E-state index contributed by atoms with van der Waals surface area (Å²) in [6.45, 7) is 9.88. The van der Waals surface area contributed by atoms with Crippen molar-refractivity contribution < 1.29 is 0 Å². The summed E-state index contributed by atoms with van der Waals surface area (Å²) < 4.78 is 0. The number of amidine groups is 1. The highest BCUT2D eigenvalue weighted by molar-refractivity contribution is 6.00. The number of benzene rings is 1. The summed E-state index contributed by atoms with van der Waals surface area (Å²) in [7, 11) is 0. The topological polar surface area (TPSA) is 63.6 Å². The highest BCUT2D eigenvalue weighted by Gasteiger charge is 1.99. The fourth-order valence-corrected chi connectivity index (χ4v) is 1.54. The maximum absolute atomic E-state index is 5.89. The molecule has 2 N–H and O–H groups in total. The van der Waals surface area contributed by atoms with E-state index in [1.54, 1.807) is 6.20 Å². The van der Waals surface area contributed by atoms with E-state index in [2.05, 4.69) is 28.3 Å². The fraction of sp³-hybridized carbons (Fsp3) is 0.118. The second-order valence-corrected chi connectivity index (χ2v) is 4.25. The van der Waals surface area contributed by atoms with E-state index in [1.807, 2.05) is 56.3 Å². The van der Waals surface area contributed by atoms with E-state index in [-0.39, 0.29) is 0 Å². The maximum Gasteiger partial charge on any atom is 0.153 e. The number of rotatable bonds is 3. The number of hydrogen-bond acceptors (Lipinski definition) is 3. The van der Waals surface area contributed by atoms with Gasteiger partial charge in [-0.05, 0) is 26.0 Å². The Hall–Kier alpha value is -2.75. The Labute approximate surface area is 125 Å². The minimum absolute atomic E-state index is 0.398. The largest absolute Gasteiger partial charge is 0.382 e. The maximum atomic E-state index is 5.89. The molecule has 2 aromatic rings. The first-order valence-electron chi connectivity index (χ1n) is 6.53. The average molecular weight is 280 g/mol. The number of hydrogen-bond donors (Lipinski definition) is 1. The van der Waals surface area contributed by atoms with Gasteiger partial charge in [-0.25, -0.2) is 0 Å². The molecule has 0 bridgehead atoms. The molecule has 0 spiro atoms. The van der Waals surface area contributed by atoms with Crippen LogP contribution < -0.4 is 5.73 Å². The summed E-state index contributed by atoms with van der Waals surface area (Å²) in [4.78, 5) is 4.20. The summed E-state index contributed by atoms with van der Waals surface area (Å²) in [5, 5.41) is 8.15. The van der Waals surface area contributed by atoms with Crippen molar-refractivity contribution in [2.24, 2.45) is 15.9 Å². The molecule has 1 aromatic heterocycles. The lowest BCUT2D eigenvalue weighted by Crippen LogP contribution is -2.13. The summed E-state index contributed by atoms with van der Waals surface area (Å²) >= 11 is 0. The zero-order valence-electron chi connectivity index (χ0n) is 12.5. The molecular weight excluding hydrogens is 260 g/mol. The van der Waals surface area contributed by atoms with Crippen LogP contribution in [0.15, 0.2) is 72.0 Å². The molecule has 0 aliphatic heterocycles. The van der Waals surface area contributed by atoms with Gasteiger partial charge in [0.05, 0.1) is 11.4 Å². The second-order valence-electron chi connectivity index (χ2n) is 4.25. The third kappa shape index (κ3) is 5.03. The van der Waals surface area contributed by atoms with E-state index in [0.29, 0.717) is 5.84 Å². The van der Waals surface area contributed by atoms with E-state index < -0.39 is 0 Å². The van der Waals surface area contributed by atoms with Crippen molar-refractivity contribution in [3.8, 4) is 0 Å². The normalized spacial score (nSPS) is 11.5. The van der Waals surface area contributed by atoms with Gasteiger partial charge in [0.2, 0.25) is 0 Å². The van der Waals surface area contributed by atoms with Crippen LogP contribution in [0.4, 0.5) is 0 Å². The van der Waals surface area contributed by atoms with Gasteiger partial charge in [-0.2, -0.15) is 5.10 Å². The molecule has 1 aromatic carbocycles. The monoisotopic (exact) mass is 280 g/mol. The van der Waals surface area contributed by atoms with E-state index in [1.165, 1.54) is 5.56 Å². The van der Waals surface area contributed by atoms with Gasteiger partial charge in [0.25, 0.3) is 0 Å². The number of aromatic nitrogens is 1. The molecule has 2 rings (SSSR count). The van der Waals surface area contributed by atoms with E-state index in [9.17, 15) is 0 Å². The van der Waals surface area contributed by atoms with Gasteiger partial charge >= 0.3 is 0 Å². The van der Waals surface area contributed by atoms with Crippen molar-refractivity contribution in [2.75, 3.05) is 0 Å². The van der Waals surface area contributed by atoms with Gasteiger partial charge in [-0.15, -0.1) is 18.3 Å². The van der Waals surface area contributed by atoms with Crippen LogP contribution in [0, 0.1) is 6.92 Å². The Kier molecular flexibility index (Phi) is 6.54. The zero-order valence-corrected chi connectivity index (χ0v) is 12.5. The molecular formula is C17H20N4. The predicted octanol–water partition coefficient (Wildman–Crippen LogP) is 3.32. The summed E-state index contributed by atoms with van der Waals surface area (Å²) in [5.41, 5.74) is 9.47. The Morgan fingerprint density at radius 2 is 1.71 bits per heavy atom. The molecule has 0 aliphatic carbocycles. The van der Waals surface area contributed by atoms with Gasteiger partial charge in [-0.1, -0.05) is 35.9 Å². The van der Waals surface area contributed by atoms with E-state index in [4.69, 9.17) is 5.73 Å². The first-order valence-corrected chi connectivity index (χ1v) is 6.53. The van der Waals surface area contributed by atoms with Crippen molar-refractivity contribution in [3.63, 3.8) is 0 Å². The zero-order chi connectivity index (χ0) is 15.7. The highest BCUT2D eigenvalue weighted by Crippen LogP contribution is 2.03. The van der Waals surface area contributed by atoms with Gasteiger partial charge < -0.3 is 5.73 Å². The fourth-order valence-electron chi connectivity index (χ4n) is 1.54. The molecule has 0 atom stereocenters. The van der Waals surface area contributed by atoms with E-state index in [0.717, 1.165) is 17.0 Å². The third-order valence-electron chi connectivity index (χ3n) is 2.69. The number of aryl methyl sites for hydroxylation is 1. The third-order valence-corrected chi connectivity index (χ3v) is 2.69. The Morgan fingerprint density at radius 1 is 1.05 bits per heavy atom. The number of nitrogens with zero attached hydrogens (tertiary/aromatic N) is 3. The molecule has 0 aliphatic rings. The predicted molar refractivity (Wildman–Crippen MR) is 89.6 cm³/mol. The number of pyridine rings is 1. The molecule has 0 saturated carbocycles. The summed E-state index contributed by atoms with van der Waals surface area (Å²) in [6, 6.07) is 13.5. The molecule has 0 amide bonds. The van der Waals surface area contributed by atoms with Crippen LogP contribution in [0.1, 0.15) is 23.7 Å². The van der Waals surface area contributed by atoms with Gasteiger partial charge in [0.1, 0.15) is 0 Å². The van der Waals surface area contributed by atoms with Crippen molar-refractivity contribution in [2.45, 2.75) is 13.8 Å². The lowest BCUT2D eigenvalue weighted by atomic mass is 10.1. The van der Waals surface area contributed by atoms with Crippen molar-refractivity contribution in [3.05, 3.63) is 78.6 Å². The first-order chi connectivity index (χ1) is 10.2. The number of nitrogens with two attached hydrogens (primary N) is 1. The molecule has 0 radical (unpaired) electrons. The minimum atomic E-state index is 0.398. The Bertz CT molecular complexity index is 613. The van der Waals surface area contributed by atoms with Crippen LogP contribution >= 0.6 is 0 Å². The molecule has 4 nitrogen and oxygen atoms in total. The molecule has 108 valence electrons. The van der Waals surface area contributed by atoms with Crippen LogP contribution in [-0.4, -0.2) is 16.5 Å². The van der Waals surface area contributed by atoms with Crippen LogP contribution in [0.5, 0.6) is 0 Å². The highest BCUT2D eigenvalue weighted by atomic mass is 15.2. The van der Waals surface area contributed by atoms with Crippen molar-refractivity contribution in [1.29, 1.82) is 0 Å². The standard InChI is InChI=1S/C15H16N4.C2H4/c1-11-6-8-13(9-7-11)15(16)19-18-12(2)14-5-3-4-10-17-14;1-2/h3-10H,1-2H3,(H2,16,19);1-2H2/b18-12+;. The van der Waals surface area contributed by atoms with E-state index >= 15 is 0 Å². The molecule has 0 fully saturated rings.